The van der Waals surface area contributed by atoms with E-state index in [1.165, 1.54) is 11.0 Å². The molecule has 13 heteroatoms. The Hall–Kier alpha value is -4.81. The van der Waals surface area contributed by atoms with E-state index in [-0.39, 0.29) is 57.2 Å². The summed E-state index contributed by atoms with van der Waals surface area (Å²) in [6.07, 6.45) is 2.71. The molecule has 2 N–H and O–H groups in total. The van der Waals surface area contributed by atoms with Gasteiger partial charge < -0.3 is 29.6 Å². The van der Waals surface area contributed by atoms with E-state index in [0.29, 0.717) is 22.9 Å². The lowest BCUT2D eigenvalue weighted by Crippen LogP contribution is -2.56. The van der Waals surface area contributed by atoms with Crippen molar-refractivity contribution in [2.24, 2.45) is 0 Å². The Morgan fingerprint density at radius 2 is 1.72 bits per heavy atom. The number of rotatable bonds is 9. The van der Waals surface area contributed by atoms with E-state index in [2.05, 4.69) is 25.3 Å². The molecule has 0 aliphatic carbocycles. The number of esters is 1. The van der Waals surface area contributed by atoms with Crippen LogP contribution in [0.4, 0.5) is 4.79 Å². The molecule has 1 fully saturated rings. The Labute approximate surface area is 250 Å². The van der Waals surface area contributed by atoms with Crippen LogP contribution < -0.4 is 5.32 Å². The first-order valence-electron chi connectivity index (χ1n) is 14.2. The van der Waals surface area contributed by atoms with Crippen molar-refractivity contribution in [1.29, 1.82) is 0 Å². The van der Waals surface area contributed by atoms with E-state index < -0.39 is 29.6 Å². The van der Waals surface area contributed by atoms with Gasteiger partial charge in [0.2, 0.25) is 5.91 Å². The van der Waals surface area contributed by atoms with E-state index in [9.17, 15) is 19.2 Å². The Morgan fingerprint density at radius 1 is 1.02 bits per heavy atom. The molecule has 1 saturated heterocycles. The van der Waals surface area contributed by atoms with E-state index >= 15 is 0 Å². The van der Waals surface area contributed by atoms with E-state index in [0.717, 1.165) is 0 Å². The zero-order valence-corrected chi connectivity index (χ0v) is 24.8. The van der Waals surface area contributed by atoms with Gasteiger partial charge in [0.25, 0.3) is 5.91 Å². The summed E-state index contributed by atoms with van der Waals surface area (Å²) in [5.41, 5.74) is 0.431. The van der Waals surface area contributed by atoms with Gasteiger partial charge in [0.15, 0.2) is 11.6 Å². The molecule has 43 heavy (non-hydrogen) atoms. The zero-order valence-electron chi connectivity index (χ0n) is 24.8. The van der Waals surface area contributed by atoms with Crippen LogP contribution in [0.15, 0.2) is 48.8 Å². The molecule has 4 rings (SSSR count). The summed E-state index contributed by atoms with van der Waals surface area (Å²) in [4.78, 5) is 71.4. The number of piperazine rings is 1. The maximum absolute atomic E-state index is 13.7. The predicted octanol–water partition coefficient (Wildman–Crippen LogP) is 3.05. The number of nitrogens with one attached hydrogen (secondary N) is 2. The fraction of sp³-hybridized carbons (Fsp3) is 0.433. The summed E-state index contributed by atoms with van der Waals surface area (Å²) < 4.78 is 10.5. The highest BCUT2D eigenvalue weighted by molar-refractivity contribution is 5.97. The number of aromatic nitrogens is 4. The summed E-state index contributed by atoms with van der Waals surface area (Å²) in [6, 6.07) is 9.64. The smallest absolute Gasteiger partial charge is 0.409 e. The first-order chi connectivity index (χ1) is 20.5. The standard InChI is InChI=1S/C30H37N7O6/c1-5-42-29(41)37-17-15-36(16-18-37)28(40)21(11-12-24(38)43-30(2,3)4)35-27(39)23-19-22(26-31-13-14-32-26)33-25(34-23)20-9-7-6-8-10-20/h6-10,13-14,19,21H,5,11-12,15-18H2,1-4H3,(H,31,32)(H,35,39). The van der Waals surface area contributed by atoms with E-state index in [1.807, 2.05) is 30.3 Å². The molecule has 1 aliphatic heterocycles. The second-order valence-electron chi connectivity index (χ2n) is 10.9. The molecule has 1 atom stereocenters. The van der Waals surface area contributed by atoms with Crippen LogP contribution in [0.5, 0.6) is 0 Å². The summed E-state index contributed by atoms with van der Waals surface area (Å²) in [5.74, 6) is -0.707. The highest BCUT2D eigenvalue weighted by Gasteiger charge is 2.32. The average Bonchev–Trinajstić information content (AvgIpc) is 3.54. The summed E-state index contributed by atoms with van der Waals surface area (Å²) in [7, 11) is 0. The lowest BCUT2D eigenvalue weighted by Gasteiger charge is -2.36. The molecule has 1 aliphatic rings. The molecule has 228 valence electrons. The molecule has 0 bridgehead atoms. The molecule has 0 saturated carbocycles. The molecule has 1 unspecified atom stereocenters. The quantitative estimate of drug-likeness (QED) is 0.357. The highest BCUT2D eigenvalue weighted by Crippen LogP contribution is 2.21. The minimum Gasteiger partial charge on any atom is -0.460 e. The molecular weight excluding hydrogens is 554 g/mol. The van der Waals surface area contributed by atoms with E-state index in [1.54, 1.807) is 45.0 Å². The Balaban J connectivity index is 1.56. The van der Waals surface area contributed by atoms with Crippen molar-refractivity contribution in [3.8, 4) is 22.9 Å². The maximum atomic E-state index is 13.7. The first kappa shape index (κ1) is 31.1. The number of nitrogens with zero attached hydrogens (tertiary/aromatic N) is 5. The van der Waals surface area contributed by atoms with Crippen molar-refractivity contribution in [3.63, 3.8) is 0 Å². The highest BCUT2D eigenvalue weighted by atomic mass is 16.6. The Kier molecular flexibility index (Phi) is 10.1. The van der Waals surface area contributed by atoms with Crippen LogP contribution in [0.1, 0.15) is 51.0 Å². The monoisotopic (exact) mass is 591 g/mol. The minimum absolute atomic E-state index is 0.0131. The number of H-pyrrole nitrogens is 1. The minimum atomic E-state index is -1.05. The molecule has 3 heterocycles. The van der Waals surface area contributed by atoms with Gasteiger partial charge in [-0.1, -0.05) is 30.3 Å². The molecule has 3 aromatic rings. The lowest BCUT2D eigenvalue weighted by molar-refractivity contribution is -0.155. The number of carbonyl (C=O) groups is 4. The Morgan fingerprint density at radius 3 is 2.35 bits per heavy atom. The van der Waals surface area contributed by atoms with Crippen LogP contribution in [0.25, 0.3) is 22.9 Å². The third-order valence-electron chi connectivity index (χ3n) is 6.51. The number of amides is 3. The second kappa shape index (κ2) is 13.9. The maximum Gasteiger partial charge on any atom is 0.409 e. The molecule has 13 nitrogen and oxygen atoms in total. The largest absolute Gasteiger partial charge is 0.460 e. The van der Waals surface area contributed by atoms with Gasteiger partial charge in [-0.25, -0.2) is 19.7 Å². The van der Waals surface area contributed by atoms with Crippen molar-refractivity contribution in [2.75, 3.05) is 32.8 Å². The molecule has 1 aromatic carbocycles. The van der Waals surface area contributed by atoms with Gasteiger partial charge in [0.05, 0.1) is 6.61 Å². The number of aromatic amines is 1. The van der Waals surface area contributed by atoms with Crippen molar-refractivity contribution < 1.29 is 28.7 Å². The summed E-state index contributed by atoms with van der Waals surface area (Å²) >= 11 is 0. The van der Waals surface area contributed by atoms with Gasteiger partial charge in [-0.05, 0) is 40.2 Å². The topological polar surface area (TPSA) is 160 Å². The Bertz CT molecular complexity index is 1410. The molecule has 0 spiro atoms. The molecule has 3 amide bonds. The van der Waals surface area contributed by atoms with E-state index in [4.69, 9.17) is 9.47 Å². The number of ether oxygens (including phenoxy) is 2. The fourth-order valence-corrected chi connectivity index (χ4v) is 4.50. The predicted molar refractivity (Wildman–Crippen MR) is 157 cm³/mol. The normalized spacial score (nSPS) is 14.1. The summed E-state index contributed by atoms with van der Waals surface area (Å²) in [6.45, 7) is 8.35. The van der Waals surface area contributed by atoms with Gasteiger partial charge in [-0.15, -0.1) is 0 Å². The van der Waals surface area contributed by atoms with Crippen LogP contribution in [-0.2, 0) is 19.1 Å². The number of benzene rings is 1. The van der Waals surface area contributed by atoms with Gasteiger partial charge in [-0.3, -0.25) is 14.4 Å². The van der Waals surface area contributed by atoms with Crippen LogP contribution in [0.3, 0.4) is 0 Å². The van der Waals surface area contributed by atoms with Crippen molar-refractivity contribution in [2.45, 2.75) is 52.2 Å². The van der Waals surface area contributed by atoms with Crippen LogP contribution in [-0.4, -0.2) is 98.0 Å². The van der Waals surface area contributed by atoms with Gasteiger partial charge >= 0.3 is 12.1 Å². The number of hydrogen-bond donors (Lipinski definition) is 2. The van der Waals surface area contributed by atoms with Crippen molar-refractivity contribution in [1.82, 2.24) is 35.1 Å². The summed E-state index contributed by atoms with van der Waals surface area (Å²) in [5, 5.41) is 2.79. The SMILES string of the molecule is CCOC(=O)N1CCN(C(=O)C(CCC(=O)OC(C)(C)C)NC(=O)c2cc(-c3ncc[nH]3)nc(-c3ccccc3)n2)CC1. The lowest BCUT2D eigenvalue weighted by atomic mass is 10.1. The van der Waals surface area contributed by atoms with Crippen LogP contribution in [0, 0.1) is 0 Å². The molecule has 0 radical (unpaired) electrons. The van der Waals surface area contributed by atoms with Crippen molar-refractivity contribution >= 4 is 23.9 Å². The van der Waals surface area contributed by atoms with Gasteiger partial charge in [-0.2, -0.15) is 0 Å². The van der Waals surface area contributed by atoms with Crippen molar-refractivity contribution in [3.05, 3.63) is 54.5 Å². The molecular formula is C30H37N7O6. The number of imidazole rings is 1. The number of carbonyl (C=O) groups excluding carboxylic acids is 4. The van der Waals surface area contributed by atoms with Gasteiger partial charge in [0, 0.05) is 50.6 Å². The third kappa shape index (κ3) is 8.60. The zero-order chi connectivity index (χ0) is 31.0. The van der Waals surface area contributed by atoms with Crippen LogP contribution in [0.2, 0.25) is 0 Å². The molecule has 2 aromatic heterocycles. The number of hydrogen-bond acceptors (Lipinski definition) is 9. The third-order valence-corrected chi connectivity index (χ3v) is 6.51. The van der Waals surface area contributed by atoms with Gasteiger partial charge in [0.1, 0.15) is 23.0 Å². The fourth-order valence-electron chi connectivity index (χ4n) is 4.50. The second-order valence-corrected chi connectivity index (χ2v) is 10.9. The van der Waals surface area contributed by atoms with Crippen LogP contribution >= 0.6 is 0 Å². The first-order valence-corrected chi connectivity index (χ1v) is 14.2. The average molecular weight is 592 g/mol.